The number of amides is 2. The summed E-state index contributed by atoms with van der Waals surface area (Å²) in [6.07, 6.45) is 3.97. The van der Waals surface area contributed by atoms with Crippen LogP contribution in [0, 0.1) is 17.1 Å². The Hall–Kier alpha value is -5.05. The average Bonchev–Trinajstić information content (AvgIpc) is 3.54. The first kappa shape index (κ1) is 30.4. The third kappa shape index (κ3) is 6.32. The fourth-order valence-electron chi connectivity index (χ4n) is 5.11. The smallest absolute Gasteiger partial charge is 0.434 e. The van der Waals surface area contributed by atoms with Gasteiger partial charge in [0.2, 0.25) is 0 Å². The van der Waals surface area contributed by atoms with Crippen LogP contribution in [-0.2, 0) is 9.47 Å². The number of H-pyrrole nitrogens is 1. The predicted molar refractivity (Wildman–Crippen MR) is 167 cm³/mol. The molecular formula is C32H34FN7O4. The minimum atomic E-state index is -0.748. The standard InChI is InChI=1S/C32H34FN7O4/c1-31(2,3)43-29(41)37-21-8-9-40(17-21)27-23(19-10-18(13-34)14-35-15-19)16-36-28-25(27)22-11-20(33)12-24(26(22)38-28)39(7)30(42)44-32(4,5)6/h10-12,14-16H,8-9,17H2,1-7H3,(H,36,38). The maximum absolute atomic E-state index is 15.3. The Morgan fingerprint density at radius 2 is 1.82 bits per heavy atom. The number of halogens is 1. The van der Waals surface area contributed by atoms with E-state index in [4.69, 9.17) is 9.47 Å². The van der Waals surface area contributed by atoms with Crippen LogP contribution in [0.5, 0.6) is 0 Å². The molecule has 0 unspecified atom stereocenters. The molecule has 1 fully saturated rings. The van der Waals surface area contributed by atoms with Crippen LogP contribution in [0.3, 0.4) is 0 Å². The van der Waals surface area contributed by atoms with Crippen molar-refractivity contribution in [1.29, 1.82) is 5.26 Å². The summed E-state index contributed by atoms with van der Waals surface area (Å²) in [4.78, 5) is 45.2. The second-order valence-corrected chi connectivity index (χ2v) is 12.7. The minimum absolute atomic E-state index is 0.279. The van der Waals surface area contributed by atoms with Gasteiger partial charge in [-0.3, -0.25) is 9.88 Å². The van der Waals surface area contributed by atoms with Gasteiger partial charge in [0, 0.05) is 60.8 Å². The number of carbonyl (C=O) groups is 2. The zero-order valence-electron chi connectivity index (χ0n) is 25.8. The van der Waals surface area contributed by atoms with Crippen LogP contribution in [0.4, 0.5) is 25.4 Å². The van der Waals surface area contributed by atoms with E-state index in [0.717, 1.165) is 0 Å². The SMILES string of the molecule is CN(C(=O)OC(C)(C)C)c1cc(F)cc2c1[nH]c1ncc(-c3cncc(C#N)c3)c(N3CCC(=NC(=O)OC(C)(C)C)C3)c12. The number of ether oxygens (including phenoxy) is 2. The van der Waals surface area contributed by atoms with Crippen molar-refractivity contribution in [3.05, 3.63) is 48.2 Å². The van der Waals surface area contributed by atoms with Crippen molar-refractivity contribution in [1.82, 2.24) is 15.0 Å². The fourth-order valence-corrected chi connectivity index (χ4v) is 5.11. The molecule has 0 saturated carbocycles. The van der Waals surface area contributed by atoms with Gasteiger partial charge in [-0.1, -0.05) is 0 Å². The van der Waals surface area contributed by atoms with E-state index < -0.39 is 29.2 Å². The van der Waals surface area contributed by atoms with Gasteiger partial charge in [0.05, 0.1) is 34.4 Å². The maximum atomic E-state index is 15.3. The van der Waals surface area contributed by atoms with Gasteiger partial charge in [-0.15, -0.1) is 0 Å². The highest BCUT2D eigenvalue weighted by molar-refractivity contribution is 6.19. The number of hydrogen-bond acceptors (Lipinski definition) is 8. The largest absolute Gasteiger partial charge is 0.443 e. The molecule has 2 amide bonds. The van der Waals surface area contributed by atoms with Crippen LogP contribution in [-0.4, -0.2) is 64.2 Å². The number of nitrogens with zero attached hydrogens (tertiary/aromatic N) is 6. The Labute approximate surface area is 254 Å². The molecular weight excluding hydrogens is 565 g/mol. The van der Waals surface area contributed by atoms with Gasteiger partial charge in [0.1, 0.15) is 28.7 Å². The molecule has 3 aromatic heterocycles. The quantitative estimate of drug-likeness (QED) is 0.273. The molecule has 1 aliphatic heterocycles. The van der Waals surface area contributed by atoms with Crippen LogP contribution in [0.1, 0.15) is 53.5 Å². The van der Waals surface area contributed by atoms with Crippen molar-refractivity contribution in [3.63, 3.8) is 0 Å². The topological polar surface area (TPSA) is 137 Å². The van der Waals surface area contributed by atoms with Crippen LogP contribution >= 0.6 is 0 Å². The Morgan fingerprint density at radius 3 is 2.50 bits per heavy atom. The summed E-state index contributed by atoms with van der Waals surface area (Å²) in [5, 5.41) is 10.6. The summed E-state index contributed by atoms with van der Waals surface area (Å²) < 4.78 is 26.2. The lowest BCUT2D eigenvalue weighted by Crippen LogP contribution is -2.34. The van der Waals surface area contributed by atoms with E-state index in [-0.39, 0.29) is 5.69 Å². The number of nitrogens with one attached hydrogen (secondary N) is 1. The van der Waals surface area contributed by atoms with Crippen molar-refractivity contribution >= 4 is 51.2 Å². The number of hydrogen-bond donors (Lipinski definition) is 1. The third-order valence-corrected chi connectivity index (χ3v) is 6.86. The second kappa shape index (κ2) is 11.2. The summed E-state index contributed by atoms with van der Waals surface area (Å²) in [7, 11) is 1.52. The number of fused-ring (bicyclic) bond motifs is 3. The number of benzene rings is 1. The Balaban J connectivity index is 1.70. The number of aromatic nitrogens is 3. The van der Waals surface area contributed by atoms with Crippen LogP contribution in [0.15, 0.2) is 41.8 Å². The predicted octanol–water partition coefficient (Wildman–Crippen LogP) is 6.75. The number of pyridine rings is 2. The van der Waals surface area contributed by atoms with Crippen LogP contribution in [0.2, 0.25) is 0 Å². The number of nitriles is 1. The van der Waals surface area contributed by atoms with Crippen LogP contribution < -0.4 is 9.80 Å². The van der Waals surface area contributed by atoms with Gasteiger partial charge in [-0.25, -0.2) is 19.0 Å². The van der Waals surface area contributed by atoms with Gasteiger partial charge in [-0.05, 0) is 59.7 Å². The molecule has 1 aliphatic rings. The maximum Gasteiger partial charge on any atom is 0.434 e. The van der Waals surface area contributed by atoms with E-state index in [0.29, 0.717) is 69.5 Å². The highest BCUT2D eigenvalue weighted by Crippen LogP contribution is 2.43. The van der Waals surface area contributed by atoms with Gasteiger partial charge in [0.15, 0.2) is 0 Å². The minimum Gasteiger partial charge on any atom is -0.443 e. The molecule has 0 spiro atoms. The number of anilines is 2. The normalized spacial score (nSPS) is 14.7. The lowest BCUT2D eigenvalue weighted by Gasteiger charge is -2.25. The molecule has 1 aromatic carbocycles. The van der Waals surface area contributed by atoms with Crippen molar-refractivity contribution < 1.29 is 23.5 Å². The molecule has 1 saturated heterocycles. The zero-order chi connectivity index (χ0) is 32.0. The number of carbonyl (C=O) groups excluding carboxylic acids is 2. The van der Waals surface area contributed by atoms with Crippen molar-refractivity contribution in [2.75, 3.05) is 29.9 Å². The molecule has 11 nitrogen and oxygen atoms in total. The monoisotopic (exact) mass is 599 g/mol. The van der Waals surface area contributed by atoms with Crippen molar-refractivity contribution in [3.8, 4) is 17.2 Å². The van der Waals surface area contributed by atoms with Crippen molar-refractivity contribution in [2.45, 2.75) is 59.2 Å². The number of aliphatic imine (C=N–C) groups is 1. The summed E-state index contributed by atoms with van der Waals surface area (Å²) >= 11 is 0. The zero-order valence-corrected chi connectivity index (χ0v) is 25.8. The first-order chi connectivity index (χ1) is 20.6. The van der Waals surface area contributed by atoms with E-state index in [1.54, 1.807) is 60.0 Å². The first-order valence-electron chi connectivity index (χ1n) is 14.1. The van der Waals surface area contributed by atoms with E-state index in [1.165, 1.54) is 30.3 Å². The Bertz CT molecular complexity index is 1860. The van der Waals surface area contributed by atoms with E-state index >= 15 is 4.39 Å². The fraction of sp³-hybridized carbons (Fsp3) is 0.375. The summed E-state index contributed by atoms with van der Waals surface area (Å²) in [5.41, 5.74) is 2.81. The van der Waals surface area contributed by atoms with Gasteiger partial charge >= 0.3 is 12.2 Å². The molecule has 1 N–H and O–H groups in total. The molecule has 4 aromatic rings. The molecule has 5 rings (SSSR count). The molecule has 4 heterocycles. The second-order valence-electron chi connectivity index (χ2n) is 12.7. The summed E-state index contributed by atoms with van der Waals surface area (Å²) in [6.45, 7) is 11.4. The lowest BCUT2D eigenvalue weighted by molar-refractivity contribution is 0.0583. The summed E-state index contributed by atoms with van der Waals surface area (Å²) in [5.74, 6) is -0.554. The highest BCUT2D eigenvalue weighted by Gasteiger charge is 2.29. The van der Waals surface area contributed by atoms with Gasteiger partial charge in [0.25, 0.3) is 0 Å². The summed E-state index contributed by atoms with van der Waals surface area (Å²) in [6, 6.07) is 6.49. The lowest BCUT2D eigenvalue weighted by atomic mass is 10.0. The van der Waals surface area contributed by atoms with Crippen molar-refractivity contribution in [2.24, 2.45) is 4.99 Å². The number of aromatic amines is 1. The molecule has 44 heavy (non-hydrogen) atoms. The molecule has 0 bridgehead atoms. The highest BCUT2D eigenvalue weighted by atomic mass is 19.1. The third-order valence-electron chi connectivity index (χ3n) is 6.86. The average molecular weight is 600 g/mol. The molecule has 0 atom stereocenters. The number of rotatable bonds is 3. The molecule has 228 valence electrons. The van der Waals surface area contributed by atoms with Gasteiger partial charge in [-0.2, -0.15) is 10.3 Å². The molecule has 12 heteroatoms. The van der Waals surface area contributed by atoms with E-state index in [9.17, 15) is 14.9 Å². The van der Waals surface area contributed by atoms with Crippen LogP contribution in [0.25, 0.3) is 33.1 Å². The Morgan fingerprint density at radius 1 is 1.09 bits per heavy atom. The molecule has 0 radical (unpaired) electrons. The molecule has 0 aliphatic carbocycles. The van der Waals surface area contributed by atoms with E-state index in [1.807, 2.05) is 4.90 Å². The Kier molecular flexibility index (Phi) is 7.76. The van der Waals surface area contributed by atoms with E-state index in [2.05, 4.69) is 26.0 Å². The van der Waals surface area contributed by atoms with Gasteiger partial charge < -0.3 is 19.4 Å². The first-order valence-corrected chi connectivity index (χ1v) is 14.1.